The van der Waals surface area contributed by atoms with E-state index in [4.69, 9.17) is 9.84 Å². The lowest BCUT2D eigenvalue weighted by Crippen LogP contribution is -2.37. The zero-order valence-electron chi connectivity index (χ0n) is 9.66. The maximum atomic E-state index is 10.9. The first-order valence-corrected chi connectivity index (χ1v) is 5.56. The summed E-state index contributed by atoms with van der Waals surface area (Å²) in [4.78, 5) is 13.2. The highest BCUT2D eigenvalue weighted by Gasteiger charge is 2.26. The number of carboxylic acid groups (broad SMARTS) is 1. The Morgan fingerprint density at radius 3 is 2.53 bits per heavy atom. The van der Waals surface area contributed by atoms with Gasteiger partial charge in [-0.15, -0.1) is 0 Å². The molecule has 1 saturated heterocycles. The highest BCUT2D eigenvalue weighted by Crippen LogP contribution is 2.22. The van der Waals surface area contributed by atoms with E-state index in [0.29, 0.717) is 0 Å². The van der Waals surface area contributed by atoms with Crippen LogP contribution in [0.2, 0.25) is 0 Å². The van der Waals surface area contributed by atoms with Crippen LogP contribution in [0.1, 0.15) is 26.7 Å². The Balaban J connectivity index is 2.17. The minimum absolute atomic E-state index is 0.591. The fourth-order valence-electron chi connectivity index (χ4n) is 1.68. The summed E-state index contributed by atoms with van der Waals surface area (Å²) < 4.78 is 5.25. The van der Waals surface area contributed by atoms with Crippen molar-refractivity contribution in [2.75, 3.05) is 32.8 Å². The molecule has 0 atom stereocenters. The van der Waals surface area contributed by atoms with Crippen molar-refractivity contribution in [3.05, 3.63) is 0 Å². The molecule has 1 fully saturated rings. The van der Waals surface area contributed by atoms with E-state index in [9.17, 15) is 4.79 Å². The summed E-state index contributed by atoms with van der Waals surface area (Å²) in [6.07, 6.45) is 1.68. The normalized spacial score (nSPS) is 19.1. The summed E-state index contributed by atoms with van der Waals surface area (Å²) in [5.74, 6) is -0.704. The van der Waals surface area contributed by atoms with Crippen LogP contribution >= 0.6 is 0 Å². The van der Waals surface area contributed by atoms with Gasteiger partial charge in [0.15, 0.2) is 0 Å². The average molecular weight is 215 g/mol. The monoisotopic (exact) mass is 215 g/mol. The van der Waals surface area contributed by atoms with Crippen LogP contribution in [0, 0.1) is 5.41 Å². The van der Waals surface area contributed by atoms with Crippen molar-refractivity contribution in [2.24, 2.45) is 5.41 Å². The molecule has 1 rings (SSSR count). The number of rotatable bonds is 5. The van der Waals surface area contributed by atoms with Crippen molar-refractivity contribution in [3.63, 3.8) is 0 Å². The molecule has 0 saturated carbocycles. The third-order valence-corrected chi connectivity index (χ3v) is 2.96. The maximum Gasteiger partial charge on any atom is 0.309 e. The molecule has 1 heterocycles. The van der Waals surface area contributed by atoms with E-state index in [-0.39, 0.29) is 0 Å². The van der Waals surface area contributed by atoms with Crippen molar-refractivity contribution < 1.29 is 14.6 Å². The van der Waals surface area contributed by atoms with Gasteiger partial charge >= 0.3 is 5.97 Å². The Kier molecular flexibility index (Phi) is 4.54. The van der Waals surface area contributed by atoms with E-state index in [1.54, 1.807) is 13.8 Å². The van der Waals surface area contributed by atoms with Gasteiger partial charge in [0.2, 0.25) is 0 Å². The summed E-state index contributed by atoms with van der Waals surface area (Å²) in [6, 6.07) is 0. The van der Waals surface area contributed by atoms with E-state index in [1.165, 1.54) is 0 Å². The summed E-state index contributed by atoms with van der Waals surface area (Å²) >= 11 is 0. The van der Waals surface area contributed by atoms with Gasteiger partial charge < -0.3 is 9.84 Å². The summed E-state index contributed by atoms with van der Waals surface area (Å²) in [5, 5.41) is 8.94. The molecule has 0 spiro atoms. The predicted octanol–water partition coefficient (Wildman–Crippen LogP) is 1.21. The van der Waals surface area contributed by atoms with Crippen molar-refractivity contribution in [1.82, 2.24) is 4.90 Å². The van der Waals surface area contributed by atoms with Crippen molar-refractivity contribution in [3.8, 4) is 0 Å². The van der Waals surface area contributed by atoms with Gasteiger partial charge in [-0.1, -0.05) is 0 Å². The van der Waals surface area contributed by atoms with Crippen LogP contribution in [-0.2, 0) is 9.53 Å². The Labute approximate surface area is 91.2 Å². The second kappa shape index (κ2) is 5.47. The lowest BCUT2D eigenvalue weighted by atomic mass is 9.88. The number of hydrogen-bond donors (Lipinski definition) is 1. The standard InChI is InChI=1S/C11H21NO3/c1-11(2,10(13)14)4-3-5-12-6-8-15-9-7-12/h3-9H2,1-2H3,(H,13,14). The minimum Gasteiger partial charge on any atom is -0.481 e. The molecule has 0 amide bonds. The van der Waals surface area contributed by atoms with Gasteiger partial charge in [0, 0.05) is 13.1 Å². The van der Waals surface area contributed by atoms with Gasteiger partial charge in [-0.3, -0.25) is 9.69 Å². The van der Waals surface area contributed by atoms with Crippen LogP contribution in [0.3, 0.4) is 0 Å². The molecule has 0 aliphatic carbocycles. The Morgan fingerprint density at radius 1 is 1.40 bits per heavy atom. The van der Waals surface area contributed by atoms with Gasteiger partial charge in [-0.05, 0) is 33.2 Å². The van der Waals surface area contributed by atoms with Gasteiger partial charge in [0.1, 0.15) is 0 Å². The SMILES string of the molecule is CC(C)(CCCN1CCOCC1)C(=O)O. The van der Waals surface area contributed by atoms with E-state index in [2.05, 4.69) is 4.90 Å². The molecule has 4 nitrogen and oxygen atoms in total. The van der Waals surface area contributed by atoms with Gasteiger partial charge in [-0.25, -0.2) is 0 Å². The molecule has 0 aromatic carbocycles. The highest BCUT2D eigenvalue weighted by atomic mass is 16.5. The maximum absolute atomic E-state index is 10.9. The Morgan fingerprint density at radius 2 is 2.00 bits per heavy atom. The first-order chi connectivity index (χ1) is 7.02. The zero-order chi connectivity index (χ0) is 11.3. The van der Waals surface area contributed by atoms with Gasteiger partial charge in [-0.2, -0.15) is 0 Å². The third-order valence-electron chi connectivity index (χ3n) is 2.96. The van der Waals surface area contributed by atoms with Crippen LogP contribution in [0.4, 0.5) is 0 Å². The van der Waals surface area contributed by atoms with Crippen LogP contribution in [-0.4, -0.2) is 48.8 Å². The molecular weight excluding hydrogens is 194 g/mol. The molecule has 15 heavy (non-hydrogen) atoms. The van der Waals surface area contributed by atoms with E-state index in [0.717, 1.165) is 45.7 Å². The minimum atomic E-state index is -0.704. The molecule has 0 aromatic rings. The predicted molar refractivity (Wildman–Crippen MR) is 57.9 cm³/mol. The van der Waals surface area contributed by atoms with Gasteiger partial charge in [0.05, 0.1) is 18.6 Å². The summed E-state index contributed by atoms with van der Waals surface area (Å²) in [7, 11) is 0. The van der Waals surface area contributed by atoms with Crippen LogP contribution < -0.4 is 0 Å². The smallest absolute Gasteiger partial charge is 0.309 e. The average Bonchev–Trinajstić information content (AvgIpc) is 2.19. The second-order valence-corrected chi connectivity index (χ2v) is 4.75. The molecule has 0 bridgehead atoms. The number of morpholine rings is 1. The third kappa shape index (κ3) is 4.18. The number of ether oxygens (including phenoxy) is 1. The Hall–Kier alpha value is -0.610. The fraction of sp³-hybridized carbons (Fsp3) is 0.909. The highest BCUT2D eigenvalue weighted by molar-refractivity contribution is 5.73. The van der Waals surface area contributed by atoms with Gasteiger partial charge in [0.25, 0.3) is 0 Å². The molecular formula is C11H21NO3. The lowest BCUT2D eigenvalue weighted by molar-refractivity contribution is -0.147. The van der Waals surface area contributed by atoms with E-state index < -0.39 is 11.4 Å². The van der Waals surface area contributed by atoms with E-state index >= 15 is 0 Å². The van der Waals surface area contributed by atoms with Crippen LogP contribution in [0.25, 0.3) is 0 Å². The van der Waals surface area contributed by atoms with E-state index in [1.807, 2.05) is 0 Å². The number of aliphatic carboxylic acids is 1. The number of carboxylic acids is 1. The molecule has 0 aromatic heterocycles. The molecule has 0 unspecified atom stereocenters. The number of carbonyl (C=O) groups is 1. The molecule has 1 N–H and O–H groups in total. The van der Waals surface area contributed by atoms with Crippen molar-refractivity contribution in [2.45, 2.75) is 26.7 Å². The molecule has 1 aliphatic heterocycles. The first kappa shape index (κ1) is 12.5. The van der Waals surface area contributed by atoms with Crippen LogP contribution in [0.15, 0.2) is 0 Å². The molecule has 0 radical (unpaired) electrons. The molecule has 88 valence electrons. The zero-order valence-corrected chi connectivity index (χ0v) is 9.66. The largest absolute Gasteiger partial charge is 0.481 e. The van der Waals surface area contributed by atoms with Crippen molar-refractivity contribution >= 4 is 5.97 Å². The number of hydrogen-bond acceptors (Lipinski definition) is 3. The van der Waals surface area contributed by atoms with Crippen LogP contribution in [0.5, 0.6) is 0 Å². The Bertz CT molecular complexity index is 210. The summed E-state index contributed by atoms with van der Waals surface area (Å²) in [6.45, 7) is 8.13. The quantitative estimate of drug-likeness (QED) is 0.749. The number of nitrogens with zero attached hydrogens (tertiary/aromatic N) is 1. The lowest BCUT2D eigenvalue weighted by Gasteiger charge is -2.27. The molecule has 1 aliphatic rings. The van der Waals surface area contributed by atoms with Crippen molar-refractivity contribution in [1.29, 1.82) is 0 Å². The fourth-order valence-corrected chi connectivity index (χ4v) is 1.68. The molecule has 4 heteroatoms. The summed E-state index contributed by atoms with van der Waals surface area (Å²) in [5.41, 5.74) is -0.591. The first-order valence-electron chi connectivity index (χ1n) is 5.56. The second-order valence-electron chi connectivity index (χ2n) is 4.75. The topological polar surface area (TPSA) is 49.8 Å².